The monoisotopic (exact) mass is 273 g/mol. The smallest absolute Gasteiger partial charge is 0.196 e. The molecule has 1 fully saturated rings. The van der Waals surface area contributed by atoms with E-state index in [0.29, 0.717) is 11.9 Å². The van der Waals surface area contributed by atoms with Crippen molar-refractivity contribution < 1.29 is 4.74 Å². The average molecular weight is 273 g/mol. The van der Waals surface area contributed by atoms with E-state index >= 15 is 0 Å². The Morgan fingerprint density at radius 3 is 2.80 bits per heavy atom. The van der Waals surface area contributed by atoms with Crippen LogP contribution < -0.4 is 15.4 Å². The zero-order valence-corrected chi connectivity index (χ0v) is 12.3. The number of benzene rings is 1. The number of hydrogen-bond acceptors (Lipinski definition) is 4. The van der Waals surface area contributed by atoms with Crippen molar-refractivity contribution in [2.75, 3.05) is 18.6 Å². The molecule has 4 nitrogen and oxygen atoms in total. The van der Waals surface area contributed by atoms with E-state index in [9.17, 15) is 0 Å². The highest BCUT2D eigenvalue weighted by molar-refractivity contribution is 5.98. The van der Waals surface area contributed by atoms with Gasteiger partial charge < -0.3 is 15.4 Å². The first-order valence-corrected chi connectivity index (χ1v) is 7.45. The van der Waals surface area contributed by atoms with E-state index in [1.165, 1.54) is 25.7 Å². The van der Waals surface area contributed by atoms with Crippen molar-refractivity contribution in [3.05, 3.63) is 24.3 Å². The SMILES string of the molecule is CCC1CCCC12CN=C(N)N2c1ccc(OC)cc1. The predicted molar refractivity (Wildman–Crippen MR) is 82.3 cm³/mol. The van der Waals surface area contributed by atoms with Crippen LogP contribution in [0.2, 0.25) is 0 Å². The van der Waals surface area contributed by atoms with Crippen molar-refractivity contribution in [2.24, 2.45) is 16.6 Å². The molecule has 1 saturated carbocycles. The van der Waals surface area contributed by atoms with E-state index in [-0.39, 0.29) is 5.54 Å². The number of guanidine groups is 1. The number of aliphatic imine (C=N–C) groups is 1. The van der Waals surface area contributed by atoms with Gasteiger partial charge in [-0.25, -0.2) is 0 Å². The van der Waals surface area contributed by atoms with Gasteiger partial charge >= 0.3 is 0 Å². The van der Waals surface area contributed by atoms with E-state index in [1.54, 1.807) is 7.11 Å². The molecule has 108 valence electrons. The highest BCUT2D eigenvalue weighted by Crippen LogP contribution is 2.46. The molecule has 2 unspecified atom stereocenters. The molecule has 1 aliphatic heterocycles. The molecule has 1 spiro atoms. The second kappa shape index (κ2) is 5.00. The fourth-order valence-corrected chi connectivity index (χ4v) is 3.92. The van der Waals surface area contributed by atoms with Crippen molar-refractivity contribution >= 4 is 11.6 Å². The molecule has 2 N–H and O–H groups in total. The highest BCUT2D eigenvalue weighted by Gasteiger charge is 2.50. The summed E-state index contributed by atoms with van der Waals surface area (Å²) in [6.45, 7) is 3.11. The lowest BCUT2D eigenvalue weighted by Crippen LogP contribution is -2.54. The van der Waals surface area contributed by atoms with Crippen molar-refractivity contribution in [3.8, 4) is 5.75 Å². The molecule has 2 atom stereocenters. The van der Waals surface area contributed by atoms with Crippen LogP contribution in [0.15, 0.2) is 29.3 Å². The second-order valence-electron chi connectivity index (χ2n) is 5.81. The van der Waals surface area contributed by atoms with Crippen LogP contribution in [0.3, 0.4) is 0 Å². The molecule has 2 aliphatic rings. The molecular weight excluding hydrogens is 250 g/mol. The maximum atomic E-state index is 6.20. The minimum absolute atomic E-state index is 0.105. The molecule has 20 heavy (non-hydrogen) atoms. The van der Waals surface area contributed by atoms with Crippen LogP contribution in [0.25, 0.3) is 0 Å². The topological polar surface area (TPSA) is 50.8 Å². The summed E-state index contributed by atoms with van der Waals surface area (Å²) >= 11 is 0. The predicted octanol–water partition coefficient (Wildman–Crippen LogP) is 2.78. The van der Waals surface area contributed by atoms with Crippen LogP contribution in [0, 0.1) is 5.92 Å². The van der Waals surface area contributed by atoms with E-state index in [1.807, 2.05) is 12.1 Å². The number of hydrogen-bond donors (Lipinski definition) is 1. The lowest BCUT2D eigenvalue weighted by Gasteiger charge is -2.40. The number of nitrogens with two attached hydrogens (primary N) is 1. The summed E-state index contributed by atoms with van der Waals surface area (Å²) < 4.78 is 5.24. The van der Waals surface area contributed by atoms with Gasteiger partial charge in [-0.15, -0.1) is 0 Å². The van der Waals surface area contributed by atoms with E-state index < -0.39 is 0 Å². The van der Waals surface area contributed by atoms with Gasteiger partial charge in [0, 0.05) is 5.69 Å². The highest BCUT2D eigenvalue weighted by atomic mass is 16.5. The van der Waals surface area contributed by atoms with Crippen LogP contribution in [0.4, 0.5) is 5.69 Å². The first kappa shape index (κ1) is 13.3. The summed E-state index contributed by atoms with van der Waals surface area (Å²) in [7, 11) is 1.69. The Morgan fingerprint density at radius 1 is 1.40 bits per heavy atom. The standard InChI is InChI=1S/C16H23N3O/c1-3-12-5-4-10-16(12)11-18-15(17)19(16)13-6-8-14(20-2)9-7-13/h6-9,12H,3-5,10-11H2,1-2H3,(H2,17,18). The van der Waals surface area contributed by atoms with Crippen LogP contribution >= 0.6 is 0 Å². The second-order valence-corrected chi connectivity index (χ2v) is 5.81. The van der Waals surface area contributed by atoms with Crippen LogP contribution in [0.5, 0.6) is 5.75 Å². The van der Waals surface area contributed by atoms with Crippen molar-refractivity contribution in [1.82, 2.24) is 0 Å². The summed E-state index contributed by atoms with van der Waals surface area (Å²) in [5.41, 5.74) is 7.43. The lowest BCUT2D eigenvalue weighted by atomic mass is 9.84. The first-order chi connectivity index (χ1) is 9.71. The molecular formula is C16H23N3O. The van der Waals surface area contributed by atoms with Crippen molar-refractivity contribution in [3.63, 3.8) is 0 Å². The molecule has 0 saturated heterocycles. The zero-order valence-electron chi connectivity index (χ0n) is 12.3. The molecule has 0 amide bonds. The molecule has 1 aliphatic carbocycles. The van der Waals surface area contributed by atoms with Crippen molar-refractivity contribution in [2.45, 2.75) is 38.1 Å². The van der Waals surface area contributed by atoms with E-state index in [0.717, 1.165) is 18.0 Å². The number of nitrogens with zero attached hydrogens (tertiary/aromatic N) is 2. The Bertz CT molecular complexity index is 511. The van der Waals surface area contributed by atoms with Gasteiger partial charge in [-0.2, -0.15) is 0 Å². The molecule has 1 heterocycles. The molecule has 0 bridgehead atoms. The quantitative estimate of drug-likeness (QED) is 0.921. The Labute approximate surface area is 120 Å². The zero-order chi connectivity index (χ0) is 14.2. The summed E-state index contributed by atoms with van der Waals surface area (Å²) in [5, 5.41) is 0. The largest absolute Gasteiger partial charge is 0.497 e. The average Bonchev–Trinajstić information content (AvgIpc) is 3.04. The lowest BCUT2D eigenvalue weighted by molar-refractivity contribution is 0.331. The van der Waals surface area contributed by atoms with Gasteiger partial charge in [-0.1, -0.05) is 19.8 Å². The van der Waals surface area contributed by atoms with E-state index in [2.05, 4.69) is 28.9 Å². The Morgan fingerprint density at radius 2 is 2.15 bits per heavy atom. The van der Waals surface area contributed by atoms with Gasteiger partial charge in [0.2, 0.25) is 0 Å². The Balaban J connectivity index is 1.97. The number of rotatable bonds is 3. The number of anilines is 1. The third-order valence-corrected chi connectivity index (χ3v) is 4.93. The van der Waals surface area contributed by atoms with E-state index in [4.69, 9.17) is 10.5 Å². The minimum Gasteiger partial charge on any atom is -0.497 e. The normalized spacial score (nSPS) is 29.0. The van der Waals surface area contributed by atoms with Gasteiger partial charge in [0.1, 0.15) is 5.75 Å². The molecule has 1 aromatic rings. The fraction of sp³-hybridized carbons (Fsp3) is 0.562. The van der Waals surface area contributed by atoms with Gasteiger partial charge in [0.15, 0.2) is 5.96 Å². The van der Waals surface area contributed by atoms with Crippen molar-refractivity contribution in [1.29, 1.82) is 0 Å². The van der Waals surface area contributed by atoms with Gasteiger partial charge in [-0.3, -0.25) is 4.99 Å². The number of methoxy groups -OCH3 is 1. The molecule has 4 heteroatoms. The Kier molecular flexibility index (Phi) is 3.32. The maximum Gasteiger partial charge on any atom is 0.196 e. The first-order valence-electron chi connectivity index (χ1n) is 7.45. The van der Waals surface area contributed by atoms with Gasteiger partial charge in [-0.05, 0) is 43.0 Å². The molecule has 3 rings (SSSR count). The summed E-state index contributed by atoms with van der Waals surface area (Å²) in [6, 6.07) is 8.15. The summed E-state index contributed by atoms with van der Waals surface area (Å²) in [6.07, 6.45) is 4.93. The van der Waals surface area contributed by atoms with Gasteiger partial charge in [0.25, 0.3) is 0 Å². The Hall–Kier alpha value is -1.71. The fourth-order valence-electron chi connectivity index (χ4n) is 3.92. The van der Waals surface area contributed by atoms with Gasteiger partial charge in [0.05, 0.1) is 19.2 Å². The minimum atomic E-state index is 0.105. The molecule has 0 aromatic heterocycles. The number of ether oxygens (including phenoxy) is 1. The van der Waals surface area contributed by atoms with Crippen LogP contribution in [0.1, 0.15) is 32.6 Å². The van der Waals surface area contributed by atoms with Crippen LogP contribution in [-0.4, -0.2) is 25.2 Å². The third-order valence-electron chi connectivity index (χ3n) is 4.93. The third kappa shape index (κ3) is 1.86. The summed E-state index contributed by atoms with van der Waals surface area (Å²) in [5.74, 6) is 2.21. The maximum absolute atomic E-state index is 6.20. The molecule has 1 aromatic carbocycles. The molecule has 0 radical (unpaired) electrons. The van der Waals surface area contributed by atoms with Crippen LogP contribution in [-0.2, 0) is 0 Å². The summed E-state index contributed by atoms with van der Waals surface area (Å²) in [4.78, 5) is 6.83.